The number of nitrogens with two attached hydrogens (primary N) is 1. The van der Waals surface area contributed by atoms with Gasteiger partial charge in [-0.1, -0.05) is 55.5 Å². The van der Waals surface area contributed by atoms with Gasteiger partial charge in [0.25, 0.3) is 0 Å². The lowest BCUT2D eigenvalue weighted by atomic mass is 10.00. The smallest absolute Gasteiger partial charge is 0.344 e. The monoisotopic (exact) mass is 1220 g/mol. The second kappa shape index (κ2) is 37.6. The molecule has 0 radical (unpaired) electrons. The third kappa shape index (κ3) is 26.3. The van der Waals surface area contributed by atoms with Crippen LogP contribution in [0.3, 0.4) is 0 Å². The van der Waals surface area contributed by atoms with Gasteiger partial charge in [0.1, 0.15) is 29.5 Å². The number of aliphatic carboxylic acids is 3. The Hall–Kier alpha value is -7.93. The topological polar surface area (TPSA) is 363 Å². The number of carbonyl (C=O) groups is 8. The highest BCUT2D eigenvalue weighted by molar-refractivity contribution is 5.92. The average molecular weight is 1220 g/mol. The summed E-state index contributed by atoms with van der Waals surface area (Å²) >= 11 is 0. The first-order chi connectivity index (χ1) is 41.8. The number of amides is 6. The molecule has 478 valence electrons. The molecule has 3 aromatic carbocycles. The van der Waals surface area contributed by atoms with E-state index in [0.717, 1.165) is 28.8 Å². The van der Waals surface area contributed by atoms with Crippen molar-refractivity contribution in [3.63, 3.8) is 0 Å². The largest absolute Gasteiger partial charge is 0.508 e. The maximum atomic E-state index is 14.7. The van der Waals surface area contributed by atoms with Crippen molar-refractivity contribution in [2.45, 2.75) is 70.7 Å². The van der Waals surface area contributed by atoms with Gasteiger partial charge in [0, 0.05) is 129 Å². The first-order valence-electron chi connectivity index (χ1n) is 29.0. The number of aryl methyl sites for hydroxylation is 1. The number of nitrogens with zero attached hydrogens (tertiary/aromatic N) is 6. The van der Waals surface area contributed by atoms with Crippen LogP contribution in [0.2, 0.25) is 0 Å². The van der Waals surface area contributed by atoms with Crippen LogP contribution in [0.4, 0.5) is 13.6 Å². The number of carboxylic acid groups (broad SMARTS) is 3. The molecular formula is C58H83F2N13O14. The van der Waals surface area contributed by atoms with Crippen molar-refractivity contribution in [1.82, 2.24) is 56.4 Å². The van der Waals surface area contributed by atoms with E-state index in [0.29, 0.717) is 64.2 Å². The minimum atomic E-state index is -1.22. The molecule has 0 aromatic heterocycles. The molecule has 5 rings (SSSR count). The number of aliphatic imine (C=N–C) groups is 1. The number of hydrogen-bond donors (Lipinski definition) is 11. The Kier molecular flexibility index (Phi) is 30.2. The van der Waals surface area contributed by atoms with Gasteiger partial charge in [0.05, 0.1) is 46.0 Å². The van der Waals surface area contributed by atoms with Crippen molar-refractivity contribution in [3.8, 4) is 5.75 Å². The zero-order valence-corrected chi connectivity index (χ0v) is 49.1. The molecule has 0 aliphatic carbocycles. The van der Waals surface area contributed by atoms with Gasteiger partial charge >= 0.3 is 23.9 Å². The van der Waals surface area contributed by atoms with Crippen LogP contribution in [0.25, 0.3) is 0 Å². The zero-order chi connectivity index (χ0) is 63.1. The van der Waals surface area contributed by atoms with Crippen LogP contribution in [0.15, 0.2) is 65.7 Å². The second-order valence-corrected chi connectivity index (χ2v) is 21.0. The number of benzene rings is 3. The van der Waals surface area contributed by atoms with Crippen LogP contribution in [0.1, 0.15) is 66.5 Å². The lowest BCUT2D eigenvalue weighted by molar-refractivity contribution is -0.140. The Bertz CT molecular complexity index is 2700. The van der Waals surface area contributed by atoms with E-state index in [-0.39, 0.29) is 135 Å². The summed E-state index contributed by atoms with van der Waals surface area (Å²) in [6.45, 7) is 5.24. The van der Waals surface area contributed by atoms with Gasteiger partial charge in [0.2, 0.25) is 23.6 Å². The van der Waals surface area contributed by atoms with Gasteiger partial charge in [-0.3, -0.25) is 58.1 Å². The first-order valence-corrected chi connectivity index (χ1v) is 29.0. The third-order valence-corrected chi connectivity index (χ3v) is 14.3. The fourth-order valence-corrected chi connectivity index (χ4v) is 9.73. The van der Waals surface area contributed by atoms with Gasteiger partial charge in [0.15, 0.2) is 5.96 Å². The fourth-order valence-electron chi connectivity index (χ4n) is 9.73. The number of hydrogen-bond acceptors (Lipinski definition) is 16. The number of carboxylic acids is 3. The van der Waals surface area contributed by atoms with Crippen LogP contribution in [0.5, 0.6) is 5.75 Å². The minimum absolute atomic E-state index is 0.0157. The molecule has 1 saturated heterocycles. The highest BCUT2D eigenvalue weighted by Crippen LogP contribution is 2.32. The van der Waals surface area contributed by atoms with Crippen LogP contribution < -0.4 is 37.6 Å². The Balaban J connectivity index is 1.10. The number of halogens is 2. The number of nitrogens with one attached hydrogen (secondary N) is 6. The average Bonchev–Trinajstić information content (AvgIpc) is 1.87. The Morgan fingerprint density at radius 1 is 0.609 bits per heavy atom. The molecule has 2 heterocycles. The van der Waals surface area contributed by atoms with Crippen molar-refractivity contribution in [1.29, 1.82) is 0 Å². The molecule has 29 heteroatoms. The van der Waals surface area contributed by atoms with E-state index < -0.39 is 77.3 Å². The lowest BCUT2D eigenvalue weighted by Crippen LogP contribution is -2.50. The first kappa shape index (κ1) is 69.8. The fraction of sp³-hybridized carbons (Fsp3) is 0.534. The summed E-state index contributed by atoms with van der Waals surface area (Å²) in [6.07, 6.45) is 1.82. The summed E-state index contributed by atoms with van der Waals surface area (Å²) in [5.41, 5.74) is 9.12. The molecule has 1 fully saturated rings. The normalized spacial score (nSPS) is 15.6. The molecule has 0 bridgehead atoms. The molecule has 3 aromatic rings. The molecule has 0 spiro atoms. The summed E-state index contributed by atoms with van der Waals surface area (Å²) in [7, 11) is 0. The molecule has 2 aliphatic heterocycles. The van der Waals surface area contributed by atoms with E-state index in [1.165, 1.54) is 0 Å². The SMILES string of the molecule is CCC(=O)NCCNC(=O)/N=C(/N)NCCC[C@@H](NC(=O)C(c1ccc(CCCOCCOCCNC(=O)CN2CCN(CC(=O)O)CCN(CC(=O)O)CCN(CC(=O)O)CC2)cc1)N1Cc2ccccc2C1)C(=O)NCc1c(F)cc(O)cc1F. The summed E-state index contributed by atoms with van der Waals surface area (Å²) in [5.74, 6) is -7.84. The highest BCUT2D eigenvalue weighted by atomic mass is 19.1. The van der Waals surface area contributed by atoms with Crippen LogP contribution in [0, 0.1) is 11.6 Å². The summed E-state index contributed by atoms with van der Waals surface area (Å²) in [6, 6.07) is 13.9. The van der Waals surface area contributed by atoms with Crippen LogP contribution in [-0.4, -0.2) is 236 Å². The molecule has 0 saturated carbocycles. The van der Waals surface area contributed by atoms with Crippen molar-refractivity contribution in [2.24, 2.45) is 10.7 Å². The molecule has 87 heavy (non-hydrogen) atoms. The van der Waals surface area contributed by atoms with Crippen LogP contribution in [-0.2, 0) is 69.1 Å². The molecule has 27 nitrogen and oxygen atoms in total. The Morgan fingerprint density at radius 3 is 1.67 bits per heavy atom. The van der Waals surface area contributed by atoms with E-state index in [2.05, 4.69) is 36.9 Å². The molecule has 12 N–H and O–H groups in total. The number of rotatable bonds is 33. The highest BCUT2D eigenvalue weighted by Gasteiger charge is 2.35. The number of phenolic OH excluding ortho intramolecular Hbond substituents is 1. The van der Waals surface area contributed by atoms with E-state index in [1.807, 2.05) is 58.3 Å². The minimum Gasteiger partial charge on any atom is -0.508 e. The third-order valence-electron chi connectivity index (χ3n) is 14.3. The number of ether oxygens (including phenoxy) is 2. The number of guanidine groups is 1. The van der Waals surface area contributed by atoms with Crippen molar-refractivity contribution < 1.29 is 77.0 Å². The number of phenols is 1. The molecular weight excluding hydrogens is 1140 g/mol. The Morgan fingerprint density at radius 2 is 1.13 bits per heavy atom. The second-order valence-electron chi connectivity index (χ2n) is 21.0. The van der Waals surface area contributed by atoms with Gasteiger partial charge in [-0.15, -0.1) is 0 Å². The van der Waals surface area contributed by atoms with Gasteiger partial charge in [-0.25, -0.2) is 13.6 Å². The van der Waals surface area contributed by atoms with E-state index in [9.17, 15) is 67.6 Å². The van der Waals surface area contributed by atoms with Crippen molar-refractivity contribution in [2.75, 3.05) is 131 Å². The van der Waals surface area contributed by atoms with Crippen LogP contribution >= 0.6 is 0 Å². The standard InChI is InChI=1S/C58H83F2N13O14/c1-2-49(75)62-16-17-65-58(85)68-57(61)64-15-5-10-48(55(83)66-33-45-46(59)31-44(74)32-47(45)60)67-56(84)54(73-34-42-8-3-4-9-43(42)35-73)41-13-11-40(12-14-41)7-6-27-86-29-30-87-28-18-63-50(76)36-69-19-21-70(37-51(77)78)23-25-72(39-53(81)82)26-24-71(22-20-69)38-52(79)80/h3-4,8-9,11-14,31-32,48,54,74H,2,5-7,10,15-30,33-39H2,1H3,(H,62,75)(H,63,76)(H,66,83)(H,67,84)(H,77,78)(H,79,80)(H,81,82)(H4,61,64,65,68,85)/t48-,54?/m1/s1. The lowest BCUT2D eigenvalue weighted by Gasteiger charge is -2.32. The maximum absolute atomic E-state index is 14.7. The Labute approximate surface area is 503 Å². The molecule has 2 atom stereocenters. The van der Waals surface area contributed by atoms with E-state index in [1.54, 1.807) is 21.6 Å². The number of fused-ring (bicyclic) bond motifs is 1. The van der Waals surface area contributed by atoms with Crippen molar-refractivity contribution in [3.05, 3.63) is 100 Å². The maximum Gasteiger partial charge on any atom is 0.344 e. The van der Waals surface area contributed by atoms with E-state index in [4.69, 9.17) is 15.2 Å². The van der Waals surface area contributed by atoms with Gasteiger partial charge < -0.3 is 67.5 Å². The number of carbonyl (C=O) groups excluding carboxylic acids is 5. The summed E-state index contributed by atoms with van der Waals surface area (Å²) in [5, 5.41) is 54.2. The van der Waals surface area contributed by atoms with Gasteiger partial charge in [-0.05, 0) is 47.9 Å². The zero-order valence-electron chi connectivity index (χ0n) is 49.1. The predicted molar refractivity (Wildman–Crippen MR) is 314 cm³/mol. The van der Waals surface area contributed by atoms with Gasteiger partial charge in [-0.2, -0.15) is 4.99 Å². The van der Waals surface area contributed by atoms with Crippen molar-refractivity contribution >= 4 is 53.5 Å². The quantitative estimate of drug-likeness (QED) is 0.0217. The number of aromatic hydroxyl groups is 1. The number of urea groups is 1. The summed E-state index contributed by atoms with van der Waals surface area (Å²) in [4.78, 5) is 113. The summed E-state index contributed by atoms with van der Waals surface area (Å²) < 4.78 is 40.9. The molecule has 1 unspecified atom stereocenters. The molecule has 6 amide bonds. The van der Waals surface area contributed by atoms with E-state index >= 15 is 0 Å². The predicted octanol–water partition coefficient (Wildman–Crippen LogP) is 0.00620. The molecule has 2 aliphatic rings.